The Morgan fingerprint density at radius 2 is 1.02 bits per heavy atom. The van der Waals surface area contributed by atoms with Crippen LogP contribution in [0, 0.1) is 0 Å². The Bertz CT molecular complexity index is 2800. The van der Waals surface area contributed by atoms with Crippen LogP contribution in [0.15, 0.2) is 176 Å². The smallest absolute Gasteiger partial charge is 0.235 e. The summed E-state index contributed by atoms with van der Waals surface area (Å²) in [5.41, 5.74) is 11.0. The highest BCUT2D eigenvalue weighted by Crippen LogP contribution is 2.39. The Hall–Kier alpha value is -6.85. The van der Waals surface area contributed by atoms with Crippen LogP contribution in [0.2, 0.25) is 0 Å². The molecule has 0 spiro atoms. The number of aromatic nitrogens is 5. The van der Waals surface area contributed by atoms with Crippen molar-refractivity contribution >= 4 is 43.6 Å². The van der Waals surface area contributed by atoms with E-state index >= 15 is 0 Å². The van der Waals surface area contributed by atoms with Crippen molar-refractivity contribution in [2.75, 3.05) is 0 Å². The predicted octanol–water partition coefficient (Wildman–Crippen LogP) is 11.1. The van der Waals surface area contributed by atoms with Gasteiger partial charge in [-0.2, -0.15) is 0 Å². The minimum absolute atomic E-state index is 0.611. The molecule has 5 nitrogen and oxygen atoms in total. The summed E-state index contributed by atoms with van der Waals surface area (Å²) in [6.07, 6.45) is 2.16. The highest BCUT2D eigenvalue weighted by atomic mass is 15.2. The summed E-state index contributed by atoms with van der Waals surface area (Å²) in [4.78, 5) is 15.9. The van der Waals surface area contributed by atoms with Crippen LogP contribution in [0.5, 0.6) is 0 Å². The Kier molecular flexibility index (Phi) is 6.42. The Morgan fingerprint density at radius 3 is 1.82 bits per heavy atom. The summed E-state index contributed by atoms with van der Waals surface area (Å²) in [5.74, 6) is 0.611. The number of rotatable bonds is 5. The molecule has 0 N–H and O–H groups in total. The molecule has 5 heteroatoms. The molecule has 0 atom stereocenters. The number of hydrogen-bond acceptors (Lipinski definition) is 3. The van der Waals surface area contributed by atoms with Gasteiger partial charge in [-0.1, -0.05) is 115 Å². The molecule has 0 aliphatic rings. The molecule has 234 valence electrons. The maximum absolute atomic E-state index is 5.40. The summed E-state index contributed by atoms with van der Waals surface area (Å²) < 4.78 is 4.46. The van der Waals surface area contributed by atoms with E-state index in [2.05, 4.69) is 161 Å². The van der Waals surface area contributed by atoms with E-state index in [-0.39, 0.29) is 0 Å². The average molecular weight is 640 g/mol. The third-order valence-electron chi connectivity index (χ3n) is 9.58. The second kappa shape index (κ2) is 11.4. The first-order valence-electron chi connectivity index (χ1n) is 16.8. The molecule has 4 heterocycles. The second-order valence-corrected chi connectivity index (χ2v) is 12.5. The average Bonchev–Trinajstić information content (AvgIpc) is 3.78. The lowest BCUT2D eigenvalue weighted by molar-refractivity contribution is 1.01. The number of para-hydroxylation sites is 3. The summed E-state index contributed by atoms with van der Waals surface area (Å²) in [6, 6.07) is 59.1. The molecular formula is C45H29N5. The fourth-order valence-corrected chi connectivity index (χ4v) is 7.28. The predicted molar refractivity (Wildman–Crippen MR) is 205 cm³/mol. The van der Waals surface area contributed by atoms with Crippen molar-refractivity contribution in [1.29, 1.82) is 0 Å². The number of pyridine rings is 1. The largest absolute Gasteiger partial charge is 0.317 e. The van der Waals surface area contributed by atoms with Crippen molar-refractivity contribution in [1.82, 2.24) is 24.1 Å². The van der Waals surface area contributed by atoms with Crippen molar-refractivity contribution < 1.29 is 0 Å². The SMILES string of the molecule is c1ccc(-c2cc(-c3ccccc3)nc(-c3nc(-n4c5ccccc5c5c6ccn(-c7ccccc7)c6ccc54)nc4ccccc34)c2)cc1. The summed E-state index contributed by atoms with van der Waals surface area (Å²) in [5, 5.41) is 4.48. The van der Waals surface area contributed by atoms with Gasteiger partial charge in [0.05, 0.1) is 33.5 Å². The first-order valence-corrected chi connectivity index (χ1v) is 16.8. The van der Waals surface area contributed by atoms with Crippen molar-refractivity contribution in [2.24, 2.45) is 0 Å². The highest BCUT2D eigenvalue weighted by Gasteiger charge is 2.21. The summed E-state index contributed by atoms with van der Waals surface area (Å²) in [6.45, 7) is 0. The Morgan fingerprint density at radius 1 is 0.400 bits per heavy atom. The molecule has 10 rings (SSSR count). The molecule has 0 aliphatic heterocycles. The zero-order valence-corrected chi connectivity index (χ0v) is 27.0. The van der Waals surface area contributed by atoms with Gasteiger partial charge in [0.1, 0.15) is 5.69 Å². The van der Waals surface area contributed by atoms with Crippen LogP contribution in [-0.4, -0.2) is 24.1 Å². The van der Waals surface area contributed by atoms with Gasteiger partial charge >= 0.3 is 0 Å². The third-order valence-corrected chi connectivity index (χ3v) is 9.58. The second-order valence-electron chi connectivity index (χ2n) is 12.5. The number of hydrogen-bond donors (Lipinski definition) is 0. The Balaban J connectivity index is 1.25. The van der Waals surface area contributed by atoms with Crippen LogP contribution in [-0.2, 0) is 0 Å². The third kappa shape index (κ3) is 4.52. The standard InChI is InChI=1S/C45H29N5/c1-4-14-30(15-5-1)32-28-38(31-16-6-2-7-17-31)46-39(29-32)44-34-20-10-12-22-37(34)47-45(48-44)50-41-23-13-11-21-35(41)43-36-26-27-49(33-18-8-3-9-19-33)40(36)24-25-42(43)50/h1-29H. The van der Waals surface area contributed by atoms with Crippen LogP contribution in [0.4, 0.5) is 0 Å². The topological polar surface area (TPSA) is 48.5 Å². The molecule has 6 aromatic carbocycles. The quantitative estimate of drug-likeness (QED) is 0.188. The molecule has 0 aliphatic carbocycles. The maximum Gasteiger partial charge on any atom is 0.235 e. The lowest BCUT2D eigenvalue weighted by atomic mass is 10.0. The van der Waals surface area contributed by atoms with Crippen LogP contribution in [0.1, 0.15) is 0 Å². The molecular weight excluding hydrogens is 611 g/mol. The zero-order valence-electron chi connectivity index (χ0n) is 27.0. The fourth-order valence-electron chi connectivity index (χ4n) is 7.28. The van der Waals surface area contributed by atoms with E-state index in [1.54, 1.807) is 0 Å². The molecule has 0 unspecified atom stereocenters. The highest BCUT2D eigenvalue weighted by molar-refractivity contribution is 6.21. The Labute approximate surface area is 288 Å². The summed E-state index contributed by atoms with van der Waals surface area (Å²) >= 11 is 0. The molecule has 10 aromatic rings. The number of benzene rings is 6. The van der Waals surface area contributed by atoms with Crippen molar-refractivity contribution in [3.8, 4) is 45.4 Å². The first-order chi connectivity index (χ1) is 24.8. The van der Waals surface area contributed by atoms with Crippen LogP contribution in [0.25, 0.3) is 89.0 Å². The van der Waals surface area contributed by atoms with Crippen molar-refractivity contribution in [2.45, 2.75) is 0 Å². The molecule has 0 amide bonds. The van der Waals surface area contributed by atoms with E-state index in [1.807, 2.05) is 24.3 Å². The van der Waals surface area contributed by atoms with Crippen molar-refractivity contribution in [3.05, 3.63) is 176 Å². The van der Waals surface area contributed by atoms with E-state index in [9.17, 15) is 0 Å². The van der Waals surface area contributed by atoms with Crippen LogP contribution < -0.4 is 0 Å². The van der Waals surface area contributed by atoms with Gasteiger partial charge < -0.3 is 4.57 Å². The maximum atomic E-state index is 5.40. The molecule has 4 aromatic heterocycles. The number of fused-ring (bicyclic) bond motifs is 6. The van der Waals surface area contributed by atoms with E-state index in [1.165, 1.54) is 10.8 Å². The van der Waals surface area contributed by atoms with Gasteiger partial charge in [0.15, 0.2) is 0 Å². The lowest BCUT2D eigenvalue weighted by Crippen LogP contribution is -2.04. The normalized spacial score (nSPS) is 11.6. The van der Waals surface area contributed by atoms with Crippen LogP contribution >= 0.6 is 0 Å². The zero-order chi connectivity index (χ0) is 33.0. The van der Waals surface area contributed by atoms with E-state index in [4.69, 9.17) is 15.0 Å². The van der Waals surface area contributed by atoms with Gasteiger partial charge in [-0.05, 0) is 65.7 Å². The minimum Gasteiger partial charge on any atom is -0.317 e. The lowest BCUT2D eigenvalue weighted by Gasteiger charge is -2.14. The summed E-state index contributed by atoms with van der Waals surface area (Å²) in [7, 11) is 0. The molecule has 0 saturated heterocycles. The first kappa shape index (κ1) is 28.2. The van der Waals surface area contributed by atoms with Gasteiger partial charge in [-0.15, -0.1) is 0 Å². The fraction of sp³-hybridized carbons (Fsp3) is 0. The van der Waals surface area contributed by atoms with Gasteiger partial charge in [0, 0.05) is 39.0 Å². The molecule has 0 saturated carbocycles. The van der Waals surface area contributed by atoms with E-state index in [0.717, 1.165) is 72.3 Å². The van der Waals surface area contributed by atoms with Gasteiger partial charge in [-0.25, -0.2) is 15.0 Å². The molecule has 0 radical (unpaired) electrons. The van der Waals surface area contributed by atoms with Crippen molar-refractivity contribution in [3.63, 3.8) is 0 Å². The van der Waals surface area contributed by atoms with Crippen LogP contribution in [0.3, 0.4) is 0 Å². The van der Waals surface area contributed by atoms with Gasteiger partial charge in [0.25, 0.3) is 0 Å². The van der Waals surface area contributed by atoms with Gasteiger partial charge in [-0.3, -0.25) is 4.57 Å². The van der Waals surface area contributed by atoms with E-state index in [0.29, 0.717) is 5.95 Å². The monoisotopic (exact) mass is 639 g/mol. The molecule has 0 bridgehead atoms. The molecule has 0 fully saturated rings. The minimum atomic E-state index is 0.611. The molecule has 50 heavy (non-hydrogen) atoms. The van der Waals surface area contributed by atoms with E-state index < -0.39 is 0 Å². The van der Waals surface area contributed by atoms with Gasteiger partial charge in [0.2, 0.25) is 5.95 Å². The number of nitrogens with zero attached hydrogens (tertiary/aromatic N) is 5.